The first-order chi connectivity index (χ1) is 10.7. The number of aromatic nitrogens is 3. The van der Waals surface area contributed by atoms with Crippen LogP contribution < -0.4 is 14.9 Å². The van der Waals surface area contributed by atoms with E-state index in [-0.39, 0.29) is 0 Å². The first-order valence-electron chi connectivity index (χ1n) is 7.09. The van der Waals surface area contributed by atoms with Crippen molar-refractivity contribution in [3.8, 4) is 11.5 Å². The molecular formula is C14H19ClN4O2S. The quantitative estimate of drug-likeness (QED) is 0.718. The van der Waals surface area contributed by atoms with Crippen molar-refractivity contribution in [2.75, 3.05) is 18.6 Å². The van der Waals surface area contributed by atoms with Crippen LogP contribution in [0.1, 0.15) is 25.8 Å². The van der Waals surface area contributed by atoms with Gasteiger partial charge in [0.1, 0.15) is 6.33 Å². The minimum Gasteiger partial charge on any atom is -0.490 e. The van der Waals surface area contributed by atoms with E-state index in [2.05, 4.69) is 15.6 Å². The second kappa shape index (κ2) is 8.05. The van der Waals surface area contributed by atoms with Crippen molar-refractivity contribution in [2.45, 2.75) is 26.8 Å². The zero-order valence-electron chi connectivity index (χ0n) is 12.6. The maximum absolute atomic E-state index is 6.32. The van der Waals surface area contributed by atoms with Gasteiger partial charge in [-0.15, -0.1) is 0 Å². The fourth-order valence-electron chi connectivity index (χ4n) is 1.87. The van der Waals surface area contributed by atoms with Crippen molar-refractivity contribution in [3.05, 3.63) is 33.8 Å². The molecule has 2 N–H and O–H groups in total. The van der Waals surface area contributed by atoms with Crippen LogP contribution in [-0.2, 0) is 6.54 Å². The summed E-state index contributed by atoms with van der Waals surface area (Å²) in [4.78, 5) is 0. The molecule has 2 aromatic rings. The fourth-order valence-corrected chi connectivity index (χ4v) is 2.32. The van der Waals surface area contributed by atoms with Crippen LogP contribution in [0.2, 0.25) is 5.02 Å². The summed E-state index contributed by atoms with van der Waals surface area (Å²) in [5.74, 6) is 1.24. The molecule has 0 amide bonds. The van der Waals surface area contributed by atoms with E-state index in [4.69, 9.17) is 33.3 Å². The molecule has 0 aliphatic carbocycles. The number of rotatable bonds is 8. The third-order valence-corrected chi connectivity index (χ3v) is 3.39. The van der Waals surface area contributed by atoms with E-state index in [0.717, 1.165) is 12.0 Å². The Balaban J connectivity index is 2.18. The van der Waals surface area contributed by atoms with Gasteiger partial charge in [0.2, 0.25) is 4.77 Å². The zero-order valence-corrected chi connectivity index (χ0v) is 14.1. The van der Waals surface area contributed by atoms with E-state index in [1.807, 2.05) is 26.0 Å². The van der Waals surface area contributed by atoms with Crippen molar-refractivity contribution in [2.24, 2.45) is 0 Å². The summed E-state index contributed by atoms with van der Waals surface area (Å²) >= 11 is 11.4. The van der Waals surface area contributed by atoms with Gasteiger partial charge < -0.3 is 14.9 Å². The largest absolute Gasteiger partial charge is 0.490 e. The second-order valence-electron chi connectivity index (χ2n) is 4.55. The topological polar surface area (TPSA) is 64.1 Å². The summed E-state index contributed by atoms with van der Waals surface area (Å²) in [5, 5.41) is 7.06. The number of halogens is 1. The number of H-pyrrole nitrogens is 1. The lowest BCUT2D eigenvalue weighted by atomic mass is 10.2. The molecule has 0 spiro atoms. The molecule has 0 saturated carbocycles. The molecule has 1 heterocycles. The molecule has 0 aliphatic rings. The van der Waals surface area contributed by atoms with E-state index in [1.165, 1.54) is 0 Å². The Hall–Kier alpha value is -1.73. The van der Waals surface area contributed by atoms with Crippen LogP contribution in [-0.4, -0.2) is 28.1 Å². The predicted molar refractivity (Wildman–Crippen MR) is 88.9 cm³/mol. The van der Waals surface area contributed by atoms with Crippen molar-refractivity contribution < 1.29 is 9.47 Å². The van der Waals surface area contributed by atoms with Gasteiger partial charge in [-0.2, -0.15) is 5.10 Å². The minimum absolute atomic E-state index is 0.499. The van der Waals surface area contributed by atoms with Gasteiger partial charge in [0.05, 0.1) is 24.8 Å². The molecule has 6 nitrogen and oxygen atoms in total. The molecule has 0 fully saturated rings. The van der Waals surface area contributed by atoms with E-state index >= 15 is 0 Å². The van der Waals surface area contributed by atoms with Crippen LogP contribution in [0.5, 0.6) is 11.5 Å². The Morgan fingerprint density at radius 1 is 1.36 bits per heavy atom. The lowest BCUT2D eigenvalue weighted by Crippen LogP contribution is -2.13. The van der Waals surface area contributed by atoms with E-state index in [1.54, 1.807) is 11.0 Å². The number of ether oxygens (including phenoxy) is 2. The smallest absolute Gasteiger partial charge is 0.214 e. The third kappa shape index (κ3) is 4.14. The van der Waals surface area contributed by atoms with Crippen LogP contribution in [0.15, 0.2) is 18.5 Å². The first kappa shape index (κ1) is 16.6. The van der Waals surface area contributed by atoms with Crippen molar-refractivity contribution in [1.82, 2.24) is 14.9 Å². The zero-order chi connectivity index (χ0) is 15.9. The molecule has 22 heavy (non-hydrogen) atoms. The second-order valence-corrected chi connectivity index (χ2v) is 5.35. The molecular weight excluding hydrogens is 324 g/mol. The molecule has 1 aromatic carbocycles. The summed E-state index contributed by atoms with van der Waals surface area (Å²) < 4.78 is 13.4. The van der Waals surface area contributed by atoms with Gasteiger partial charge >= 0.3 is 0 Å². The molecule has 1 aromatic heterocycles. The maximum Gasteiger partial charge on any atom is 0.214 e. The van der Waals surface area contributed by atoms with Crippen LogP contribution in [0.4, 0.5) is 0 Å². The van der Waals surface area contributed by atoms with Gasteiger partial charge in [0.25, 0.3) is 0 Å². The van der Waals surface area contributed by atoms with Crippen LogP contribution in [0, 0.1) is 4.77 Å². The van der Waals surface area contributed by atoms with Crippen molar-refractivity contribution >= 4 is 23.8 Å². The highest BCUT2D eigenvalue weighted by Crippen LogP contribution is 2.36. The summed E-state index contributed by atoms with van der Waals surface area (Å²) in [6.07, 6.45) is 2.48. The normalized spacial score (nSPS) is 10.5. The number of nitrogens with one attached hydrogen (secondary N) is 2. The number of benzene rings is 1. The first-order valence-corrected chi connectivity index (χ1v) is 7.88. The summed E-state index contributed by atoms with van der Waals surface area (Å²) in [6.45, 7) is 5.64. The maximum atomic E-state index is 6.32. The Labute approximate surface area is 139 Å². The van der Waals surface area contributed by atoms with E-state index in [0.29, 0.717) is 41.1 Å². The van der Waals surface area contributed by atoms with Gasteiger partial charge in [-0.25, -0.2) is 4.68 Å². The number of hydrogen-bond acceptors (Lipinski definition) is 5. The van der Waals surface area contributed by atoms with Crippen LogP contribution in [0.3, 0.4) is 0 Å². The average molecular weight is 343 g/mol. The number of hydrogen-bond donors (Lipinski definition) is 2. The highest BCUT2D eigenvalue weighted by atomic mass is 35.5. The lowest BCUT2D eigenvalue weighted by Gasteiger charge is -2.15. The van der Waals surface area contributed by atoms with Gasteiger partial charge in [-0.1, -0.05) is 18.5 Å². The van der Waals surface area contributed by atoms with E-state index < -0.39 is 0 Å². The van der Waals surface area contributed by atoms with Crippen LogP contribution >= 0.6 is 23.8 Å². The predicted octanol–water partition coefficient (Wildman–Crippen LogP) is 3.53. The monoisotopic (exact) mass is 342 g/mol. The molecule has 0 radical (unpaired) electrons. The number of nitrogens with zero attached hydrogens (tertiary/aromatic N) is 2. The molecule has 0 aliphatic heterocycles. The summed E-state index contributed by atoms with van der Waals surface area (Å²) in [5.41, 5.74) is 4.09. The Morgan fingerprint density at radius 3 is 2.82 bits per heavy atom. The van der Waals surface area contributed by atoms with Gasteiger partial charge in [0.15, 0.2) is 11.5 Å². The highest BCUT2D eigenvalue weighted by Gasteiger charge is 2.12. The standard InChI is InChI=1S/C14H19ClN4O2S/c1-3-5-21-13-11(15)6-10(7-12(13)20-4-2)8-17-19-9-16-18-14(19)22/h6-7,9,17H,3-5,8H2,1-2H3,(H,18,22). The third-order valence-electron chi connectivity index (χ3n) is 2.83. The van der Waals surface area contributed by atoms with E-state index in [9.17, 15) is 0 Å². The minimum atomic E-state index is 0.499. The highest BCUT2D eigenvalue weighted by molar-refractivity contribution is 7.71. The fraction of sp³-hybridized carbons (Fsp3) is 0.429. The summed E-state index contributed by atoms with van der Waals surface area (Å²) in [6, 6.07) is 3.77. The molecule has 0 unspecified atom stereocenters. The summed E-state index contributed by atoms with van der Waals surface area (Å²) in [7, 11) is 0. The van der Waals surface area contributed by atoms with Gasteiger partial charge in [0, 0.05) is 0 Å². The molecule has 8 heteroatoms. The Bertz CT molecular complexity index is 671. The molecule has 0 bridgehead atoms. The molecule has 2 rings (SSSR count). The SMILES string of the molecule is CCCOc1c(Cl)cc(CNn2cn[nH]c2=S)cc1OCC. The molecule has 0 atom stereocenters. The van der Waals surface area contributed by atoms with Gasteiger partial charge in [-0.05, 0) is 43.3 Å². The Kier molecular flexibility index (Phi) is 6.09. The van der Waals surface area contributed by atoms with Crippen molar-refractivity contribution in [3.63, 3.8) is 0 Å². The van der Waals surface area contributed by atoms with Gasteiger partial charge in [-0.3, -0.25) is 5.10 Å². The van der Waals surface area contributed by atoms with Crippen molar-refractivity contribution in [1.29, 1.82) is 0 Å². The Morgan fingerprint density at radius 2 is 2.18 bits per heavy atom. The molecule has 0 saturated heterocycles. The lowest BCUT2D eigenvalue weighted by molar-refractivity contribution is 0.277. The average Bonchev–Trinajstić information content (AvgIpc) is 2.90. The number of aromatic amines is 1. The van der Waals surface area contributed by atoms with Crippen LogP contribution in [0.25, 0.3) is 0 Å². The molecule has 120 valence electrons.